The molecule has 104 valence electrons. The maximum absolute atomic E-state index is 11.6. The van der Waals surface area contributed by atoms with Gasteiger partial charge in [-0.05, 0) is 31.4 Å². The molecule has 0 spiro atoms. The second-order valence-electron chi connectivity index (χ2n) is 4.82. The van der Waals surface area contributed by atoms with Crippen LogP contribution in [0.2, 0.25) is 0 Å². The molecule has 0 radical (unpaired) electrons. The minimum Gasteiger partial charge on any atom is -0.459 e. The number of hydrogen-bond acceptors (Lipinski definition) is 4. The molecule has 0 aliphatic heterocycles. The van der Waals surface area contributed by atoms with Gasteiger partial charge in [0.25, 0.3) is 5.91 Å². The lowest BCUT2D eigenvalue weighted by molar-refractivity contribution is -0.122. The summed E-state index contributed by atoms with van der Waals surface area (Å²) in [6.45, 7) is 0.410. The summed E-state index contributed by atoms with van der Waals surface area (Å²) in [5.74, 6) is -0.0973. The molecule has 3 N–H and O–H groups in total. The Bertz CT molecular complexity index is 438. The predicted octanol–water partition coefficient (Wildman–Crippen LogP) is 0.431. The Hall–Kier alpha value is -1.82. The van der Waals surface area contributed by atoms with Gasteiger partial charge in [-0.15, -0.1) is 0 Å². The van der Waals surface area contributed by atoms with E-state index in [1.165, 1.54) is 6.26 Å². The van der Waals surface area contributed by atoms with Gasteiger partial charge in [0.2, 0.25) is 5.91 Å². The van der Waals surface area contributed by atoms with Gasteiger partial charge in [-0.3, -0.25) is 9.59 Å². The fourth-order valence-electron chi connectivity index (χ4n) is 1.78. The van der Waals surface area contributed by atoms with E-state index in [1.807, 2.05) is 0 Å². The summed E-state index contributed by atoms with van der Waals surface area (Å²) in [5.41, 5.74) is -0.367. The van der Waals surface area contributed by atoms with E-state index in [0.29, 0.717) is 19.4 Å². The first-order chi connectivity index (χ1) is 9.15. The number of hydrogen-bond donors (Lipinski definition) is 3. The normalized spacial score (nSPS) is 15.8. The first-order valence-corrected chi connectivity index (χ1v) is 6.39. The lowest BCUT2D eigenvalue weighted by atomic mass is 10.2. The van der Waals surface area contributed by atoms with Gasteiger partial charge < -0.3 is 20.2 Å². The Balaban J connectivity index is 1.59. The highest BCUT2D eigenvalue weighted by Crippen LogP contribution is 2.34. The molecule has 1 fully saturated rings. The predicted molar refractivity (Wildman–Crippen MR) is 67.5 cm³/mol. The van der Waals surface area contributed by atoms with Crippen molar-refractivity contribution in [2.24, 2.45) is 0 Å². The molecule has 19 heavy (non-hydrogen) atoms. The van der Waals surface area contributed by atoms with Crippen LogP contribution in [0.4, 0.5) is 0 Å². The van der Waals surface area contributed by atoms with E-state index in [2.05, 4.69) is 10.6 Å². The van der Waals surface area contributed by atoms with Gasteiger partial charge in [0.05, 0.1) is 18.4 Å². The fourth-order valence-corrected chi connectivity index (χ4v) is 1.78. The molecule has 0 atom stereocenters. The van der Waals surface area contributed by atoms with Gasteiger partial charge in [0.1, 0.15) is 0 Å². The number of aliphatic hydroxyl groups excluding tert-OH is 1. The lowest BCUT2D eigenvalue weighted by Gasteiger charge is -2.14. The lowest BCUT2D eigenvalue weighted by Crippen LogP contribution is -2.39. The zero-order valence-electron chi connectivity index (χ0n) is 10.6. The summed E-state index contributed by atoms with van der Waals surface area (Å²) in [6, 6.07) is 3.23. The maximum atomic E-state index is 11.6. The molecular formula is C13H18N2O4. The van der Waals surface area contributed by atoms with Crippen LogP contribution in [0.1, 0.15) is 36.2 Å². The van der Waals surface area contributed by atoms with E-state index in [0.717, 1.165) is 12.8 Å². The van der Waals surface area contributed by atoms with Crippen LogP contribution in [0.25, 0.3) is 0 Å². The number of rotatable bonds is 7. The van der Waals surface area contributed by atoms with Crippen molar-refractivity contribution in [3.63, 3.8) is 0 Å². The summed E-state index contributed by atoms with van der Waals surface area (Å²) in [4.78, 5) is 23.1. The van der Waals surface area contributed by atoms with Crippen LogP contribution in [-0.4, -0.2) is 35.6 Å². The van der Waals surface area contributed by atoms with Crippen molar-refractivity contribution >= 4 is 11.8 Å². The van der Waals surface area contributed by atoms with Gasteiger partial charge in [0, 0.05) is 13.0 Å². The van der Waals surface area contributed by atoms with Gasteiger partial charge in [-0.25, -0.2) is 0 Å². The molecule has 6 nitrogen and oxygen atoms in total. The zero-order chi connectivity index (χ0) is 13.7. The highest BCUT2D eigenvalue weighted by atomic mass is 16.3. The Morgan fingerprint density at radius 2 is 2.21 bits per heavy atom. The first kappa shape index (κ1) is 13.6. The van der Waals surface area contributed by atoms with Crippen molar-refractivity contribution in [3.8, 4) is 0 Å². The van der Waals surface area contributed by atoms with E-state index >= 15 is 0 Å². The van der Waals surface area contributed by atoms with Crippen molar-refractivity contribution in [1.29, 1.82) is 0 Å². The van der Waals surface area contributed by atoms with Crippen LogP contribution in [0.3, 0.4) is 0 Å². The number of nitrogens with one attached hydrogen (secondary N) is 2. The summed E-state index contributed by atoms with van der Waals surface area (Å²) >= 11 is 0. The summed E-state index contributed by atoms with van der Waals surface area (Å²) < 4.78 is 4.94. The molecule has 1 aromatic rings. The molecule has 2 rings (SSSR count). The highest BCUT2D eigenvalue weighted by Gasteiger charge is 2.43. The van der Waals surface area contributed by atoms with Gasteiger partial charge in [0.15, 0.2) is 5.76 Å². The van der Waals surface area contributed by atoms with Crippen molar-refractivity contribution in [3.05, 3.63) is 24.2 Å². The molecule has 1 heterocycles. The van der Waals surface area contributed by atoms with Crippen LogP contribution in [-0.2, 0) is 4.79 Å². The summed E-state index contributed by atoms with van der Waals surface area (Å²) in [6.07, 6.45) is 4.00. The quantitative estimate of drug-likeness (QED) is 0.624. The average molecular weight is 266 g/mol. The standard InChI is InChI=1S/C13H18N2O4/c16-9-13(5-6-13)15-11(17)4-1-7-14-12(18)10-3-2-8-19-10/h2-3,8,16H,1,4-7,9H2,(H,14,18)(H,15,17). The number of furan rings is 1. The fraction of sp³-hybridized carbons (Fsp3) is 0.538. The van der Waals surface area contributed by atoms with Gasteiger partial charge in [-0.2, -0.15) is 0 Å². The third-order valence-corrected chi connectivity index (χ3v) is 3.17. The van der Waals surface area contributed by atoms with E-state index < -0.39 is 0 Å². The molecule has 1 aromatic heterocycles. The van der Waals surface area contributed by atoms with Crippen molar-refractivity contribution in [2.45, 2.75) is 31.2 Å². The average Bonchev–Trinajstić information content (AvgIpc) is 2.96. The van der Waals surface area contributed by atoms with Crippen LogP contribution in [0.5, 0.6) is 0 Å². The van der Waals surface area contributed by atoms with E-state index in [-0.39, 0.29) is 29.7 Å². The van der Waals surface area contributed by atoms with Gasteiger partial charge >= 0.3 is 0 Å². The minimum atomic E-state index is -0.367. The molecular weight excluding hydrogens is 248 g/mol. The van der Waals surface area contributed by atoms with E-state index in [9.17, 15) is 9.59 Å². The monoisotopic (exact) mass is 266 g/mol. The SMILES string of the molecule is O=C(CCCNC(=O)c1ccco1)NC1(CO)CC1. The van der Waals surface area contributed by atoms with Crippen molar-refractivity contribution in [2.75, 3.05) is 13.2 Å². The highest BCUT2D eigenvalue weighted by molar-refractivity contribution is 5.91. The number of carbonyl (C=O) groups is 2. The van der Waals surface area contributed by atoms with Gasteiger partial charge in [-0.1, -0.05) is 0 Å². The van der Waals surface area contributed by atoms with Crippen LogP contribution in [0.15, 0.2) is 22.8 Å². The molecule has 2 amide bonds. The molecule has 1 aliphatic rings. The second kappa shape index (κ2) is 5.88. The second-order valence-corrected chi connectivity index (χ2v) is 4.82. The molecule has 1 aliphatic carbocycles. The van der Waals surface area contributed by atoms with Crippen LogP contribution < -0.4 is 10.6 Å². The number of aliphatic hydroxyl groups is 1. The van der Waals surface area contributed by atoms with Crippen LogP contribution in [0, 0.1) is 0 Å². The van der Waals surface area contributed by atoms with Crippen molar-refractivity contribution in [1.82, 2.24) is 10.6 Å². The molecule has 0 aromatic carbocycles. The molecule has 1 saturated carbocycles. The summed E-state index contributed by atoms with van der Waals surface area (Å²) in [5, 5.41) is 14.6. The topological polar surface area (TPSA) is 91.6 Å². The third kappa shape index (κ3) is 3.82. The molecule has 0 bridgehead atoms. The Labute approximate surface area is 111 Å². The summed E-state index contributed by atoms with van der Waals surface area (Å²) in [7, 11) is 0. The number of amides is 2. The maximum Gasteiger partial charge on any atom is 0.286 e. The zero-order valence-corrected chi connectivity index (χ0v) is 10.6. The third-order valence-electron chi connectivity index (χ3n) is 3.17. The smallest absolute Gasteiger partial charge is 0.286 e. The minimum absolute atomic E-state index is 0.00598. The Kier molecular flexibility index (Phi) is 4.21. The molecule has 6 heteroatoms. The molecule has 0 unspecified atom stereocenters. The van der Waals surface area contributed by atoms with E-state index in [4.69, 9.17) is 9.52 Å². The van der Waals surface area contributed by atoms with E-state index in [1.54, 1.807) is 12.1 Å². The largest absolute Gasteiger partial charge is 0.459 e. The Morgan fingerprint density at radius 1 is 1.42 bits per heavy atom. The number of carbonyl (C=O) groups excluding carboxylic acids is 2. The van der Waals surface area contributed by atoms with Crippen LogP contribution >= 0.6 is 0 Å². The first-order valence-electron chi connectivity index (χ1n) is 6.39. The van der Waals surface area contributed by atoms with Crippen molar-refractivity contribution < 1.29 is 19.1 Å². The molecule has 0 saturated heterocycles. The Morgan fingerprint density at radius 3 is 2.79 bits per heavy atom.